The van der Waals surface area contributed by atoms with Crippen molar-refractivity contribution >= 4 is 12.4 Å². The average Bonchev–Trinajstić information content (AvgIpc) is 3.07. The molecule has 1 aromatic heterocycles. The van der Waals surface area contributed by atoms with E-state index in [1.165, 1.54) is 18.9 Å². The summed E-state index contributed by atoms with van der Waals surface area (Å²) in [5.74, 6) is -0.440. The van der Waals surface area contributed by atoms with Crippen molar-refractivity contribution in [1.29, 1.82) is 0 Å². The molecular formula is C18H22FN3O. The zero-order valence-corrected chi connectivity index (χ0v) is 13.6. The van der Waals surface area contributed by atoms with Gasteiger partial charge < -0.3 is 4.90 Å². The molecule has 2 rings (SSSR count). The van der Waals surface area contributed by atoms with Crippen LogP contribution in [0, 0.1) is 5.82 Å². The lowest BCUT2D eigenvalue weighted by Gasteiger charge is -2.13. The summed E-state index contributed by atoms with van der Waals surface area (Å²) in [4.78, 5) is 13.3. The number of aromatic amines is 1. The van der Waals surface area contributed by atoms with Gasteiger partial charge in [-0.05, 0) is 42.5 Å². The third-order valence-corrected chi connectivity index (χ3v) is 3.71. The van der Waals surface area contributed by atoms with Crippen molar-refractivity contribution < 1.29 is 9.18 Å². The standard InChI is InChI=1S/C18H22FN3O/c1-3-4-5-9-22(2)10-7-14-11-16(18-6-8-20-21-18)17(19)12-15(14)13-23/h6-8,10-13H,3-5,9H2,1-2H3,(H,20,21)/b10-7-. The summed E-state index contributed by atoms with van der Waals surface area (Å²) in [6, 6.07) is 4.63. The number of rotatable bonds is 8. The lowest BCUT2D eigenvalue weighted by molar-refractivity contribution is 0.112. The van der Waals surface area contributed by atoms with Gasteiger partial charge in [-0.3, -0.25) is 9.89 Å². The van der Waals surface area contributed by atoms with Crippen LogP contribution in [0.2, 0.25) is 0 Å². The number of carbonyl (C=O) groups excluding carboxylic acids is 1. The van der Waals surface area contributed by atoms with E-state index >= 15 is 0 Å². The molecule has 1 aromatic carbocycles. The Hall–Kier alpha value is -2.43. The highest BCUT2D eigenvalue weighted by molar-refractivity contribution is 5.84. The molecule has 0 radical (unpaired) electrons. The lowest BCUT2D eigenvalue weighted by Crippen LogP contribution is -2.11. The predicted octanol–water partition coefficient (Wildman–Crippen LogP) is 4.12. The number of aromatic nitrogens is 2. The summed E-state index contributed by atoms with van der Waals surface area (Å²) in [7, 11) is 1.99. The number of nitrogens with zero attached hydrogens (tertiary/aromatic N) is 2. The fourth-order valence-corrected chi connectivity index (χ4v) is 2.36. The van der Waals surface area contributed by atoms with Crippen LogP contribution in [0.4, 0.5) is 4.39 Å². The van der Waals surface area contributed by atoms with E-state index in [-0.39, 0.29) is 0 Å². The first kappa shape index (κ1) is 16.9. The van der Waals surface area contributed by atoms with Gasteiger partial charge in [0.15, 0.2) is 6.29 Å². The zero-order valence-electron chi connectivity index (χ0n) is 13.6. The third-order valence-electron chi connectivity index (χ3n) is 3.71. The molecule has 0 unspecified atom stereocenters. The predicted molar refractivity (Wildman–Crippen MR) is 90.6 cm³/mol. The van der Waals surface area contributed by atoms with Crippen molar-refractivity contribution in [1.82, 2.24) is 15.1 Å². The van der Waals surface area contributed by atoms with Crippen LogP contribution in [0.1, 0.15) is 42.1 Å². The van der Waals surface area contributed by atoms with Crippen LogP contribution in [-0.4, -0.2) is 35.0 Å². The molecular weight excluding hydrogens is 293 g/mol. The number of hydrogen-bond donors (Lipinski definition) is 1. The fraction of sp³-hybridized carbons (Fsp3) is 0.333. The normalized spacial score (nSPS) is 11.1. The SMILES string of the molecule is CCCCCN(C)/C=C\c1cc(-c2ccn[nH]2)c(F)cc1C=O. The van der Waals surface area contributed by atoms with Crippen molar-refractivity contribution in [3.05, 3.63) is 47.5 Å². The Labute approximate surface area is 136 Å². The number of halogens is 1. The minimum absolute atomic E-state index is 0.337. The smallest absolute Gasteiger partial charge is 0.150 e. The molecule has 2 aromatic rings. The summed E-state index contributed by atoms with van der Waals surface area (Å²) < 4.78 is 14.1. The number of H-pyrrole nitrogens is 1. The van der Waals surface area contributed by atoms with E-state index in [2.05, 4.69) is 22.0 Å². The molecule has 4 nitrogen and oxygen atoms in total. The van der Waals surface area contributed by atoms with E-state index < -0.39 is 5.82 Å². The van der Waals surface area contributed by atoms with Gasteiger partial charge in [0.05, 0.1) is 5.69 Å². The minimum atomic E-state index is -0.440. The number of unbranched alkanes of at least 4 members (excludes halogenated alkanes) is 2. The molecule has 0 bridgehead atoms. The number of nitrogens with one attached hydrogen (secondary N) is 1. The molecule has 0 amide bonds. The Morgan fingerprint density at radius 3 is 2.78 bits per heavy atom. The first-order valence-electron chi connectivity index (χ1n) is 7.82. The molecule has 0 fully saturated rings. The number of carbonyl (C=O) groups is 1. The Morgan fingerprint density at radius 1 is 1.30 bits per heavy atom. The van der Waals surface area contributed by atoms with Gasteiger partial charge >= 0.3 is 0 Å². The third kappa shape index (κ3) is 4.52. The topological polar surface area (TPSA) is 49.0 Å². The maximum Gasteiger partial charge on any atom is 0.150 e. The first-order valence-corrected chi connectivity index (χ1v) is 7.82. The molecule has 1 heterocycles. The Balaban J connectivity index is 2.23. The Morgan fingerprint density at radius 2 is 2.13 bits per heavy atom. The lowest BCUT2D eigenvalue weighted by atomic mass is 10.0. The first-order chi connectivity index (χ1) is 11.2. The van der Waals surface area contributed by atoms with Gasteiger partial charge in [-0.15, -0.1) is 0 Å². The highest BCUT2D eigenvalue weighted by Crippen LogP contribution is 2.25. The number of benzene rings is 1. The molecule has 0 spiro atoms. The molecule has 23 heavy (non-hydrogen) atoms. The summed E-state index contributed by atoms with van der Waals surface area (Å²) in [6.45, 7) is 3.12. The van der Waals surface area contributed by atoms with Crippen LogP contribution < -0.4 is 0 Å². The molecule has 1 N–H and O–H groups in total. The molecule has 122 valence electrons. The number of hydrogen-bond acceptors (Lipinski definition) is 3. The van der Waals surface area contributed by atoms with Crippen LogP contribution in [0.5, 0.6) is 0 Å². The van der Waals surface area contributed by atoms with E-state index in [0.29, 0.717) is 28.7 Å². The Kier molecular flexibility index (Phi) is 6.09. The Bertz CT molecular complexity index is 665. The van der Waals surface area contributed by atoms with Gasteiger partial charge in [-0.2, -0.15) is 5.10 Å². The summed E-state index contributed by atoms with van der Waals surface area (Å²) in [5.41, 5.74) is 2.02. The molecule has 0 aliphatic carbocycles. The van der Waals surface area contributed by atoms with Crippen molar-refractivity contribution in [2.24, 2.45) is 0 Å². The van der Waals surface area contributed by atoms with Crippen LogP contribution in [0.15, 0.2) is 30.6 Å². The fourth-order valence-electron chi connectivity index (χ4n) is 2.36. The quantitative estimate of drug-likeness (QED) is 0.589. The average molecular weight is 315 g/mol. The second-order valence-electron chi connectivity index (χ2n) is 5.55. The largest absolute Gasteiger partial charge is 0.380 e. The molecule has 5 heteroatoms. The van der Waals surface area contributed by atoms with Crippen molar-refractivity contribution in [2.45, 2.75) is 26.2 Å². The van der Waals surface area contributed by atoms with Crippen LogP contribution in [0.3, 0.4) is 0 Å². The van der Waals surface area contributed by atoms with Gasteiger partial charge in [-0.25, -0.2) is 4.39 Å². The van der Waals surface area contributed by atoms with Crippen LogP contribution in [-0.2, 0) is 0 Å². The van der Waals surface area contributed by atoms with E-state index in [1.54, 1.807) is 18.3 Å². The maximum absolute atomic E-state index is 14.1. The van der Waals surface area contributed by atoms with Gasteiger partial charge in [0.25, 0.3) is 0 Å². The van der Waals surface area contributed by atoms with E-state index in [4.69, 9.17) is 0 Å². The molecule has 0 aliphatic rings. The van der Waals surface area contributed by atoms with Crippen molar-refractivity contribution in [3.8, 4) is 11.3 Å². The van der Waals surface area contributed by atoms with Crippen LogP contribution >= 0.6 is 0 Å². The van der Waals surface area contributed by atoms with Crippen molar-refractivity contribution in [2.75, 3.05) is 13.6 Å². The van der Waals surface area contributed by atoms with Crippen LogP contribution in [0.25, 0.3) is 17.3 Å². The highest BCUT2D eigenvalue weighted by atomic mass is 19.1. The van der Waals surface area contributed by atoms with Crippen molar-refractivity contribution in [3.63, 3.8) is 0 Å². The second-order valence-corrected chi connectivity index (χ2v) is 5.55. The van der Waals surface area contributed by atoms with Gasteiger partial charge in [0.2, 0.25) is 0 Å². The van der Waals surface area contributed by atoms with Gasteiger partial charge in [-0.1, -0.05) is 19.8 Å². The monoisotopic (exact) mass is 315 g/mol. The van der Waals surface area contributed by atoms with Gasteiger partial charge in [0, 0.05) is 30.9 Å². The van der Waals surface area contributed by atoms with E-state index in [1.807, 2.05) is 19.3 Å². The molecule has 0 atom stereocenters. The van der Waals surface area contributed by atoms with E-state index in [9.17, 15) is 9.18 Å². The molecule has 0 aliphatic heterocycles. The molecule has 0 saturated heterocycles. The second kappa shape index (κ2) is 8.27. The maximum atomic E-state index is 14.1. The van der Waals surface area contributed by atoms with Gasteiger partial charge in [0.1, 0.15) is 5.82 Å². The highest BCUT2D eigenvalue weighted by Gasteiger charge is 2.11. The minimum Gasteiger partial charge on any atom is -0.380 e. The summed E-state index contributed by atoms with van der Waals surface area (Å²) in [6.07, 6.45) is 9.51. The van der Waals surface area contributed by atoms with E-state index in [0.717, 1.165) is 13.0 Å². The summed E-state index contributed by atoms with van der Waals surface area (Å²) >= 11 is 0. The number of aldehydes is 1. The molecule has 0 saturated carbocycles. The summed E-state index contributed by atoms with van der Waals surface area (Å²) in [5, 5.41) is 6.59. The zero-order chi connectivity index (χ0) is 16.7.